The molecule has 1 fully saturated rings. The van der Waals surface area contributed by atoms with Gasteiger partial charge >= 0.3 is 0 Å². The van der Waals surface area contributed by atoms with Crippen LogP contribution in [0.4, 0.5) is 0 Å². The molecule has 3 rings (SSSR count). The van der Waals surface area contributed by atoms with Crippen LogP contribution in [-0.4, -0.2) is 19.2 Å². The predicted octanol–water partition coefficient (Wildman–Crippen LogP) is 4.76. The highest BCUT2D eigenvalue weighted by molar-refractivity contribution is 9.10. The molecule has 21 heavy (non-hydrogen) atoms. The molecule has 1 aliphatic rings. The predicted molar refractivity (Wildman–Crippen MR) is 91.9 cm³/mol. The standard InChI is InChI=1S/C18H22BrNO/c1-18(2,11-20-16-6-7-16)12-21-17-8-4-13-9-15(19)5-3-14(13)10-17/h3-5,8-10,16,20H,6-7,11-12H2,1-2H3. The quantitative estimate of drug-likeness (QED) is 0.813. The minimum absolute atomic E-state index is 0.150. The van der Waals surface area contributed by atoms with Crippen molar-refractivity contribution in [3.63, 3.8) is 0 Å². The van der Waals surface area contributed by atoms with Crippen molar-refractivity contribution >= 4 is 26.7 Å². The molecule has 0 aromatic heterocycles. The van der Waals surface area contributed by atoms with Gasteiger partial charge in [-0.3, -0.25) is 0 Å². The summed E-state index contributed by atoms with van der Waals surface area (Å²) in [6, 6.07) is 13.4. The second-order valence-corrected chi connectivity index (χ2v) is 7.68. The smallest absolute Gasteiger partial charge is 0.119 e. The van der Waals surface area contributed by atoms with Crippen LogP contribution in [0.2, 0.25) is 0 Å². The van der Waals surface area contributed by atoms with E-state index in [1.165, 1.54) is 23.6 Å². The first-order valence-corrected chi connectivity index (χ1v) is 8.37. The van der Waals surface area contributed by atoms with Crippen molar-refractivity contribution in [1.82, 2.24) is 5.32 Å². The van der Waals surface area contributed by atoms with Crippen LogP contribution >= 0.6 is 15.9 Å². The van der Waals surface area contributed by atoms with E-state index in [0.29, 0.717) is 0 Å². The Kier molecular flexibility index (Phi) is 4.23. The maximum Gasteiger partial charge on any atom is 0.119 e. The largest absolute Gasteiger partial charge is 0.493 e. The lowest BCUT2D eigenvalue weighted by Crippen LogP contribution is -2.35. The molecule has 0 atom stereocenters. The highest BCUT2D eigenvalue weighted by Crippen LogP contribution is 2.26. The Morgan fingerprint density at radius 1 is 1.14 bits per heavy atom. The summed E-state index contributed by atoms with van der Waals surface area (Å²) in [6.07, 6.45) is 2.66. The molecule has 0 radical (unpaired) electrons. The Bertz CT molecular complexity index is 634. The molecule has 0 bridgehead atoms. The van der Waals surface area contributed by atoms with Crippen molar-refractivity contribution in [2.75, 3.05) is 13.2 Å². The van der Waals surface area contributed by atoms with Crippen LogP contribution in [0.1, 0.15) is 26.7 Å². The zero-order valence-electron chi connectivity index (χ0n) is 12.7. The van der Waals surface area contributed by atoms with Gasteiger partial charge in [0, 0.05) is 22.5 Å². The number of nitrogens with one attached hydrogen (secondary N) is 1. The van der Waals surface area contributed by atoms with E-state index in [9.17, 15) is 0 Å². The van der Waals surface area contributed by atoms with Gasteiger partial charge < -0.3 is 10.1 Å². The van der Waals surface area contributed by atoms with Gasteiger partial charge in [0.1, 0.15) is 5.75 Å². The van der Waals surface area contributed by atoms with E-state index in [4.69, 9.17) is 4.74 Å². The van der Waals surface area contributed by atoms with Gasteiger partial charge in [0.15, 0.2) is 0 Å². The van der Waals surface area contributed by atoms with Gasteiger partial charge in [-0.2, -0.15) is 0 Å². The fourth-order valence-electron chi connectivity index (χ4n) is 2.32. The van der Waals surface area contributed by atoms with E-state index in [-0.39, 0.29) is 5.41 Å². The molecule has 1 aliphatic carbocycles. The van der Waals surface area contributed by atoms with Gasteiger partial charge in [-0.15, -0.1) is 0 Å². The fourth-order valence-corrected chi connectivity index (χ4v) is 2.70. The van der Waals surface area contributed by atoms with E-state index < -0.39 is 0 Å². The molecule has 3 heteroatoms. The number of rotatable bonds is 6. The first kappa shape index (κ1) is 14.9. The van der Waals surface area contributed by atoms with Crippen molar-refractivity contribution in [2.24, 2.45) is 5.41 Å². The van der Waals surface area contributed by atoms with Gasteiger partial charge in [0.2, 0.25) is 0 Å². The van der Waals surface area contributed by atoms with Crippen molar-refractivity contribution in [3.8, 4) is 5.75 Å². The van der Waals surface area contributed by atoms with Crippen LogP contribution in [0.5, 0.6) is 5.75 Å². The molecule has 2 aromatic rings. The monoisotopic (exact) mass is 347 g/mol. The molecule has 0 spiro atoms. The second-order valence-electron chi connectivity index (χ2n) is 6.76. The third-order valence-electron chi connectivity index (χ3n) is 3.85. The third-order valence-corrected chi connectivity index (χ3v) is 4.34. The Labute approximate surface area is 135 Å². The summed E-state index contributed by atoms with van der Waals surface area (Å²) in [5.41, 5.74) is 0.150. The van der Waals surface area contributed by atoms with E-state index in [1.54, 1.807) is 0 Å². The number of ether oxygens (including phenoxy) is 1. The summed E-state index contributed by atoms with van der Waals surface area (Å²) in [4.78, 5) is 0. The van der Waals surface area contributed by atoms with Crippen molar-refractivity contribution in [1.29, 1.82) is 0 Å². The van der Waals surface area contributed by atoms with Crippen LogP contribution in [0.25, 0.3) is 10.8 Å². The van der Waals surface area contributed by atoms with Crippen LogP contribution < -0.4 is 10.1 Å². The summed E-state index contributed by atoms with van der Waals surface area (Å²) in [7, 11) is 0. The zero-order chi connectivity index (χ0) is 14.9. The maximum absolute atomic E-state index is 6.01. The van der Waals surface area contributed by atoms with E-state index in [0.717, 1.165) is 29.4 Å². The minimum atomic E-state index is 0.150. The Morgan fingerprint density at radius 2 is 1.86 bits per heavy atom. The van der Waals surface area contributed by atoms with Gasteiger partial charge in [-0.1, -0.05) is 41.9 Å². The summed E-state index contributed by atoms with van der Waals surface area (Å²) < 4.78 is 7.12. The van der Waals surface area contributed by atoms with E-state index in [2.05, 4.69) is 71.5 Å². The Hall–Kier alpha value is -1.06. The zero-order valence-corrected chi connectivity index (χ0v) is 14.2. The molecule has 1 saturated carbocycles. The second kappa shape index (κ2) is 5.98. The topological polar surface area (TPSA) is 21.3 Å². The van der Waals surface area contributed by atoms with Crippen molar-refractivity contribution in [3.05, 3.63) is 40.9 Å². The van der Waals surface area contributed by atoms with Gasteiger partial charge in [0.05, 0.1) is 6.61 Å². The van der Waals surface area contributed by atoms with E-state index >= 15 is 0 Å². The lowest BCUT2D eigenvalue weighted by molar-refractivity contribution is 0.176. The third kappa shape index (κ3) is 4.21. The Morgan fingerprint density at radius 3 is 2.62 bits per heavy atom. The lowest BCUT2D eigenvalue weighted by Gasteiger charge is -2.25. The maximum atomic E-state index is 6.01. The molecule has 0 saturated heterocycles. The van der Waals surface area contributed by atoms with E-state index in [1.807, 2.05) is 0 Å². The number of hydrogen-bond acceptors (Lipinski definition) is 2. The van der Waals surface area contributed by atoms with Crippen molar-refractivity contribution < 1.29 is 4.74 Å². The molecule has 2 aromatic carbocycles. The first-order valence-electron chi connectivity index (χ1n) is 7.57. The molecule has 2 nitrogen and oxygen atoms in total. The van der Waals surface area contributed by atoms with Gasteiger partial charge in [-0.25, -0.2) is 0 Å². The number of fused-ring (bicyclic) bond motifs is 1. The average Bonchev–Trinajstić information content (AvgIpc) is 3.27. The summed E-state index contributed by atoms with van der Waals surface area (Å²) >= 11 is 3.50. The molecule has 0 amide bonds. The number of hydrogen-bond donors (Lipinski definition) is 1. The fraction of sp³-hybridized carbons (Fsp3) is 0.444. The minimum Gasteiger partial charge on any atom is -0.493 e. The average molecular weight is 348 g/mol. The molecular weight excluding hydrogens is 326 g/mol. The summed E-state index contributed by atoms with van der Waals surface area (Å²) in [6.45, 7) is 6.24. The summed E-state index contributed by atoms with van der Waals surface area (Å²) in [5.74, 6) is 0.948. The molecule has 1 N–H and O–H groups in total. The Balaban J connectivity index is 1.62. The van der Waals surface area contributed by atoms with Crippen LogP contribution in [0, 0.1) is 5.41 Å². The number of halogens is 1. The summed E-state index contributed by atoms with van der Waals surface area (Å²) in [5, 5.41) is 6.02. The highest BCUT2D eigenvalue weighted by atomic mass is 79.9. The van der Waals surface area contributed by atoms with Crippen LogP contribution in [-0.2, 0) is 0 Å². The molecule has 112 valence electrons. The number of benzene rings is 2. The van der Waals surface area contributed by atoms with Gasteiger partial charge in [0.25, 0.3) is 0 Å². The molecule has 0 unspecified atom stereocenters. The molecule has 0 aliphatic heterocycles. The lowest BCUT2D eigenvalue weighted by atomic mass is 9.95. The SMILES string of the molecule is CC(C)(CNC1CC1)COc1ccc2cc(Br)ccc2c1. The van der Waals surface area contributed by atoms with Gasteiger partial charge in [-0.05, 0) is 47.9 Å². The highest BCUT2D eigenvalue weighted by Gasteiger charge is 2.25. The van der Waals surface area contributed by atoms with Crippen LogP contribution in [0.3, 0.4) is 0 Å². The van der Waals surface area contributed by atoms with Crippen LogP contribution in [0.15, 0.2) is 40.9 Å². The molecular formula is C18H22BrNO. The normalized spacial score (nSPS) is 15.4. The van der Waals surface area contributed by atoms with Crippen molar-refractivity contribution in [2.45, 2.75) is 32.7 Å². The first-order chi connectivity index (χ1) is 10.0. The molecule has 0 heterocycles.